The zero-order chi connectivity index (χ0) is 19.5. The second-order valence-electron chi connectivity index (χ2n) is 7.39. The third-order valence-electron chi connectivity index (χ3n) is 5.59. The van der Waals surface area contributed by atoms with Crippen molar-refractivity contribution < 1.29 is 0 Å². The number of nitrogens with one attached hydrogen (secondary N) is 1. The molecule has 28 heavy (non-hydrogen) atoms. The van der Waals surface area contributed by atoms with Crippen LogP contribution < -0.4 is 5.32 Å². The van der Waals surface area contributed by atoms with E-state index < -0.39 is 0 Å². The fraction of sp³-hybridized carbons (Fsp3) is 0.240. The fourth-order valence-corrected chi connectivity index (χ4v) is 3.72. The summed E-state index contributed by atoms with van der Waals surface area (Å²) < 4.78 is 2.22. The van der Waals surface area contributed by atoms with Crippen molar-refractivity contribution in [2.75, 3.05) is 7.05 Å². The van der Waals surface area contributed by atoms with Gasteiger partial charge in [-0.1, -0.05) is 56.0 Å². The number of hydrogen-bond donors (Lipinski definition) is 1. The number of rotatable bonds is 6. The quantitative estimate of drug-likeness (QED) is 0.622. The predicted molar refractivity (Wildman–Crippen MR) is 118 cm³/mol. The van der Waals surface area contributed by atoms with Gasteiger partial charge in [0.15, 0.2) is 0 Å². The third-order valence-corrected chi connectivity index (χ3v) is 5.59. The number of pyridine rings is 1. The van der Waals surface area contributed by atoms with Gasteiger partial charge < -0.3 is 9.88 Å². The van der Waals surface area contributed by atoms with Gasteiger partial charge in [0.2, 0.25) is 0 Å². The van der Waals surface area contributed by atoms with Crippen molar-refractivity contribution in [2.45, 2.75) is 26.3 Å². The minimum absolute atomic E-state index is 0.384. The van der Waals surface area contributed by atoms with E-state index in [9.17, 15) is 0 Å². The molecule has 0 spiro atoms. The SMILES string of the molecule is C=C(NC)C1C=CC(Cn2ccc3cc(-c4ccc(CC)cc4)cnc32)=CC1. The molecule has 3 aromatic rings. The fourth-order valence-electron chi connectivity index (χ4n) is 3.72. The van der Waals surface area contributed by atoms with Crippen LogP contribution in [0.15, 0.2) is 84.9 Å². The molecule has 1 unspecified atom stereocenters. The van der Waals surface area contributed by atoms with E-state index >= 15 is 0 Å². The van der Waals surface area contributed by atoms with Gasteiger partial charge in [-0.25, -0.2) is 4.98 Å². The van der Waals surface area contributed by atoms with Crippen molar-refractivity contribution in [1.82, 2.24) is 14.9 Å². The topological polar surface area (TPSA) is 29.9 Å². The first-order valence-electron chi connectivity index (χ1n) is 9.96. The molecule has 0 saturated carbocycles. The number of fused-ring (bicyclic) bond motifs is 1. The van der Waals surface area contributed by atoms with Gasteiger partial charge in [-0.3, -0.25) is 0 Å². The second kappa shape index (κ2) is 7.89. The van der Waals surface area contributed by atoms with E-state index in [2.05, 4.69) is 84.2 Å². The summed E-state index contributed by atoms with van der Waals surface area (Å²) in [6.07, 6.45) is 12.9. The highest BCUT2D eigenvalue weighted by atomic mass is 15.0. The van der Waals surface area contributed by atoms with Crippen molar-refractivity contribution >= 4 is 11.0 Å². The summed E-state index contributed by atoms with van der Waals surface area (Å²) >= 11 is 0. The molecule has 1 aliphatic rings. The van der Waals surface area contributed by atoms with Gasteiger partial charge in [0.05, 0.1) is 0 Å². The number of nitrogens with zero attached hydrogens (tertiary/aromatic N) is 2. The molecule has 0 amide bonds. The van der Waals surface area contributed by atoms with Gasteiger partial charge in [-0.2, -0.15) is 0 Å². The van der Waals surface area contributed by atoms with E-state index in [0.717, 1.165) is 36.3 Å². The number of aryl methyl sites for hydroxylation is 1. The lowest BCUT2D eigenvalue weighted by molar-refractivity contribution is 0.691. The summed E-state index contributed by atoms with van der Waals surface area (Å²) in [4.78, 5) is 4.77. The lowest BCUT2D eigenvalue weighted by Crippen LogP contribution is -2.15. The Morgan fingerprint density at radius 1 is 1.21 bits per heavy atom. The van der Waals surface area contributed by atoms with Crippen molar-refractivity contribution in [1.29, 1.82) is 0 Å². The maximum Gasteiger partial charge on any atom is 0.140 e. The number of aromatic nitrogens is 2. The number of hydrogen-bond acceptors (Lipinski definition) is 2. The molecule has 1 aliphatic carbocycles. The van der Waals surface area contributed by atoms with Crippen LogP contribution in [0.1, 0.15) is 18.9 Å². The van der Waals surface area contributed by atoms with Crippen LogP contribution in [0, 0.1) is 5.92 Å². The van der Waals surface area contributed by atoms with Crippen molar-refractivity contribution in [3.05, 3.63) is 90.4 Å². The van der Waals surface area contributed by atoms with Crippen LogP contribution in [0.4, 0.5) is 0 Å². The summed E-state index contributed by atoms with van der Waals surface area (Å²) in [5, 5.41) is 4.33. The van der Waals surface area contributed by atoms with Crippen LogP contribution in [-0.2, 0) is 13.0 Å². The Morgan fingerprint density at radius 2 is 2.04 bits per heavy atom. The van der Waals surface area contributed by atoms with Gasteiger partial charge in [-0.05, 0) is 41.7 Å². The zero-order valence-electron chi connectivity index (χ0n) is 16.7. The summed E-state index contributed by atoms with van der Waals surface area (Å²) in [5.74, 6) is 0.384. The average Bonchev–Trinajstić information content (AvgIpc) is 3.15. The molecular formula is C25H27N3. The molecule has 0 saturated heterocycles. The zero-order valence-corrected chi connectivity index (χ0v) is 16.7. The van der Waals surface area contributed by atoms with Crippen molar-refractivity contribution in [2.24, 2.45) is 5.92 Å². The molecule has 4 rings (SSSR count). The molecule has 142 valence electrons. The Hall–Kier alpha value is -3.07. The normalized spacial score (nSPS) is 16.2. The maximum absolute atomic E-state index is 4.77. The van der Waals surface area contributed by atoms with Crippen LogP contribution >= 0.6 is 0 Å². The molecular weight excluding hydrogens is 342 g/mol. The van der Waals surface area contributed by atoms with Crippen molar-refractivity contribution in [3.63, 3.8) is 0 Å². The minimum Gasteiger partial charge on any atom is -0.391 e. The monoisotopic (exact) mass is 369 g/mol. The van der Waals surface area contributed by atoms with Crippen LogP contribution in [-0.4, -0.2) is 16.6 Å². The van der Waals surface area contributed by atoms with E-state index in [1.54, 1.807) is 0 Å². The molecule has 1 atom stereocenters. The van der Waals surface area contributed by atoms with E-state index in [1.165, 1.54) is 22.1 Å². The standard InChI is InChI=1S/C25H27N3/c1-4-19-5-11-22(12-6-19)24-15-23-13-14-28(25(23)27-16-24)17-20-7-9-21(10-8-20)18(2)26-3/h5-9,11-16,21,26H,2,4,10,17H2,1,3H3. The summed E-state index contributed by atoms with van der Waals surface area (Å²) in [6, 6.07) is 13.2. The Morgan fingerprint density at radius 3 is 2.71 bits per heavy atom. The van der Waals surface area contributed by atoms with E-state index in [-0.39, 0.29) is 0 Å². The Labute approximate surface area is 167 Å². The smallest absolute Gasteiger partial charge is 0.140 e. The van der Waals surface area contributed by atoms with Crippen LogP contribution in [0.5, 0.6) is 0 Å². The molecule has 0 bridgehead atoms. The molecule has 0 radical (unpaired) electrons. The van der Waals surface area contributed by atoms with Crippen molar-refractivity contribution in [3.8, 4) is 11.1 Å². The summed E-state index contributed by atoms with van der Waals surface area (Å²) in [5.41, 5.74) is 7.16. The molecule has 0 aliphatic heterocycles. The van der Waals surface area contributed by atoms with Gasteiger partial charge in [0.1, 0.15) is 5.65 Å². The molecule has 3 heteroatoms. The highest BCUT2D eigenvalue weighted by Gasteiger charge is 2.12. The molecule has 1 N–H and O–H groups in total. The average molecular weight is 370 g/mol. The van der Waals surface area contributed by atoms with Gasteiger partial charge in [0, 0.05) is 48.6 Å². The highest BCUT2D eigenvalue weighted by molar-refractivity contribution is 5.82. The van der Waals surface area contributed by atoms with E-state index in [1.807, 2.05) is 13.2 Å². The Balaban J connectivity index is 1.53. The summed E-state index contributed by atoms with van der Waals surface area (Å²) in [6.45, 7) is 7.10. The Kier molecular flexibility index (Phi) is 5.16. The number of benzene rings is 1. The summed E-state index contributed by atoms with van der Waals surface area (Å²) in [7, 11) is 1.93. The van der Waals surface area contributed by atoms with E-state index in [0.29, 0.717) is 5.92 Å². The van der Waals surface area contributed by atoms with Crippen LogP contribution in [0.3, 0.4) is 0 Å². The molecule has 3 nitrogen and oxygen atoms in total. The van der Waals surface area contributed by atoms with Gasteiger partial charge in [0.25, 0.3) is 0 Å². The molecule has 0 fully saturated rings. The van der Waals surface area contributed by atoms with Gasteiger partial charge >= 0.3 is 0 Å². The minimum atomic E-state index is 0.384. The largest absolute Gasteiger partial charge is 0.391 e. The second-order valence-corrected chi connectivity index (χ2v) is 7.39. The van der Waals surface area contributed by atoms with Gasteiger partial charge in [-0.15, -0.1) is 0 Å². The Bertz CT molecular complexity index is 1050. The first kappa shape index (κ1) is 18.3. The maximum atomic E-state index is 4.77. The third kappa shape index (κ3) is 3.65. The molecule has 1 aromatic carbocycles. The lowest BCUT2D eigenvalue weighted by atomic mass is 9.94. The first-order valence-corrected chi connectivity index (χ1v) is 9.96. The first-order chi connectivity index (χ1) is 13.7. The van der Waals surface area contributed by atoms with Crippen LogP contribution in [0.25, 0.3) is 22.2 Å². The predicted octanol–water partition coefficient (Wildman–Crippen LogP) is 5.50. The number of allylic oxidation sites excluding steroid dienone is 4. The molecule has 2 aromatic heterocycles. The van der Waals surface area contributed by atoms with Crippen LogP contribution in [0.2, 0.25) is 0 Å². The van der Waals surface area contributed by atoms with E-state index in [4.69, 9.17) is 4.98 Å². The highest BCUT2D eigenvalue weighted by Crippen LogP contribution is 2.26. The lowest BCUT2D eigenvalue weighted by Gasteiger charge is -2.18. The molecule has 2 heterocycles.